The number of carboxylic acid groups (broad SMARTS) is 1. The molecule has 1 atom stereocenters. The molecule has 1 N–H and O–H groups in total. The first-order valence-electron chi connectivity index (χ1n) is 6.67. The van der Waals surface area contributed by atoms with Gasteiger partial charge in [0.15, 0.2) is 0 Å². The number of carbonyl (C=O) groups is 1. The van der Waals surface area contributed by atoms with E-state index in [1.54, 1.807) is 31.2 Å². The molecule has 0 amide bonds. The van der Waals surface area contributed by atoms with Crippen molar-refractivity contribution >= 4 is 5.97 Å². The summed E-state index contributed by atoms with van der Waals surface area (Å²) < 4.78 is 19.1. The highest BCUT2D eigenvalue weighted by Crippen LogP contribution is 2.24. The summed E-state index contributed by atoms with van der Waals surface area (Å²) in [5.41, 5.74) is 1.19. The lowest BCUT2D eigenvalue weighted by Gasteiger charge is -2.24. The molecule has 0 bridgehead atoms. The van der Waals surface area contributed by atoms with Crippen molar-refractivity contribution in [2.24, 2.45) is 0 Å². The van der Waals surface area contributed by atoms with Gasteiger partial charge in [-0.2, -0.15) is 0 Å². The van der Waals surface area contributed by atoms with Gasteiger partial charge in [0.25, 0.3) is 0 Å². The highest BCUT2D eigenvalue weighted by atomic mass is 19.1. The van der Waals surface area contributed by atoms with Gasteiger partial charge in [0.1, 0.15) is 11.6 Å². The molecule has 112 valence electrons. The molecule has 0 saturated heterocycles. The van der Waals surface area contributed by atoms with Crippen LogP contribution in [0.2, 0.25) is 0 Å². The van der Waals surface area contributed by atoms with Gasteiger partial charge in [0.2, 0.25) is 5.76 Å². The number of hydrogen-bond acceptors (Lipinski definition) is 3. The second-order valence-corrected chi connectivity index (χ2v) is 5.14. The standard InChI is InChI=1S/C16H18FNO3/c1-10-8-12(21-15(10)16(19)20)9-18(3)11(2)13-6-4-5-7-14(13)17/h4-8,11H,9H2,1-3H3,(H,19,20). The summed E-state index contributed by atoms with van der Waals surface area (Å²) in [7, 11) is 1.84. The van der Waals surface area contributed by atoms with Crippen molar-refractivity contribution in [2.75, 3.05) is 7.05 Å². The highest BCUT2D eigenvalue weighted by molar-refractivity contribution is 5.86. The SMILES string of the molecule is Cc1cc(CN(C)C(C)c2ccccc2F)oc1C(=O)O. The molecule has 1 heterocycles. The molecule has 0 radical (unpaired) electrons. The number of furan rings is 1. The first kappa shape index (κ1) is 15.3. The van der Waals surface area contributed by atoms with E-state index in [-0.39, 0.29) is 17.6 Å². The fourth-order valence-corrected chi connectivity index (χ4v) is 2.27. The normalized spacial score (nSPS) is 12.6. The minimum atomic E-state index is -1.08. The number of aromatic carboxylic acids is 1. The Kier molecular flexibility index (Phi) is 4.43. The molecule has 21 heavy (non-hydrogen) atoms. The lowest BCUT2D eigenvalue weighted by molar-refractivity contribution is 0.0657. The van der Waals surface area contributed by atoms with E-state index in [9.17, 15) is 9.18 Å². The Morgan fingerprint density at radius 2 is 2.10 bits per heavy atom. The number of aryl methyl sites for hydroxylation is 1. The van der Waals surface area contributed by atoms with Gasteiger partial charge in [0.05, 0.1) is 6.54 Å². The van der Waals surface area contributed by atoms with Crippen molar-refractivity contribution in [1.29, 1.82) is 0 Å². The summed E-state index contributed by atoms with van der Waals surface area (Å²) >= 11 is 0. The van der Waals surface area contributed by atoms with E-state index in [1.165, 1.54) is 6.07 Å². The van der Waals surface area contributed by atoms with E-state index in [1.807, 2.05) is 18.9 Å². The maximum absolute atomic E-state index is 13.8. The van der Waals surface area contributed by atoms with Crippen molar-refractivity contribution in [3.63, 3.8) is 0 Å². The molecule has 2 aromatic rings. The molecular weight excluding hydrogens is 273 g/mol. The zero-order valence-corrected chi connectivity index (χ0v) is 12.3. The molecule has 1 aromatic heterocycles. The molecule has 4 nitrogen and oxygen atoms in total. The smallest absolute Gasteiger partial charge is 0.372 e. The summed E-state index contributed by atoms with van der Waals surface area (Å²) in [6.45, 7) is 3.99. The van der Waals surface area contributed by atoms with Crippen LogP contribution in [0.4, 0.5) is 4.39 Å². The van der Waals surface area contributed by atoms with Gasteiger partial charge >= 0.3 is 5.97 Å². The Hall–Kier alpha value is -2.14. The number of halogens is 1. The number of hydrogen-bond donors (Lipinski definition) is 1. The molecule has 0 aliphatic carbocycles. The molecule has 2 rings (SSSR count). The number of rotatable bonds is 5. The van der Waals surface area contributed by atoms with Gasteiger partial charge in [-0.3, -0.25) is 4.90 Å². The fourth-order valence-electron chi connectivity index (χ4n) is 2.27. The summed E-state index contributed by atoms with van der Waals surface area (Å²) in [6, 6.07) is 8.17. The minimum absolute atomic E-state index is 0.0445. The molecule has 0 fully saturated rings. The van der Waals surface area contributed by atoms with Crippen LogP contribution >= 0.6 is 0 Å². The zero-order valence-electron chi connectivity index (χ0n) is 12.3. The van der Waals surface area contributed by atoms with E-state index >= 15 is 0 Å². The van der Waals surface area contributed by atoms with Gasteiger partial charge in [-0.05, 0) is 33.0 Å². The average Bonchev–Trinajstić information content (AvgIpc) is 2.79. The maximum atomic E-state index is 13.8. The largest absolute Gasteiger partial charge is 0.475 e. The molecule has 1 aromatic carbocycles. The van der Waals surface area contributed by atoms with Crippen LogP contribution < -0.4 is 0 Å². The predicted octanol–water partition coefficient (Wildman–Crippen LogP) is 3.62. The van der Waals surface area contributed by atoms with Crippen LogP contribution in [-0.2, 0) is 6.54 Å². The summed E-state index contributed by atoms with van der Waals surface area (Å²) in [6.07, 6.45) is 0. The number of nitrogens with zero attached hydrogens (tertiary/aromatic N) is 1. The Morgan fingerprint density at radius 3 is 2.67 bits per heavy atom. The third-order valence-electron chi connectivity index (χ3n) is 3.58. The first-order chi connectivity index (χ1) is 9.90. The van der Waals surface area contributed by atoms with Crippen molar-refractivity contribution in [2.45, 2.75) is 26.4 Å². The van der Waals surface area contributed by atoms with Crippen molar-refractivity contribution in [1.82, 2.24) is 4.90 Å². The van der Waals surface area contributed by atoms with Crippen molar-refractivity contribution in [3.05, 3.63) is 58.8 Å². The van der Waals surface area contributed by atoms with E-state index in [4.69, 9.17) is 9.52 Å². The van der Waals surface area contributed by atoms with Crippen LogP contribution in [-0.4, -0.2) is 23.0 Å². The maximum Gasteiger partial charge on any atom is 0.372 e. The predicted molar refractivity (Wildman–Crippen MR) is 76.7 cm³/mol. The van der Waals surface area contributed by atoms with Gasteiger partial charge in [-0.1, -0.05) is 18.2 Å². The second-order valence-electron chi connectivity index (χ2n) is 5.14. The van der Waals surface area contributed by atoms with Gasteiger partial charge in [0, 0.05) is 17.2 Å². The fraction of sp³-hybridized carbons (Fsp3) is 0.312. The van der Waals surface area contributed by atoms with Crippen molar-refractivity contribution < 1.29 is 18.7 Å². The Labute approximate surface area is 122 Å². The molecule has 1 unspecified atom stereocenters. The Bertz CT molecular complexity index is 651. The van der Waals surface area contributed by atoms with Crippen LogP contribution in [0.3, 0.4) is 0 Å². The summed E-state index contributed by atoms with van der Waals surface area (Å²) in [5.74, 6) is -0.824. The van der Waals surface area contributed by atoms with Crippen LogP contribution in [0.15, 0.2) is 34.7 Å². The molecule has 0 aliphatic heterocycles. The third-order valence-corrected chi connectivity index (χ3v) is 3.58. The molecule has 0 aliphatic rings. The number of carboxylic acids is 1. The molecule has 0 spiro atoms. The highest BCUT2D eigenvalue weighted by Gasteiger charge is 2.19. The van der Waals surface area contributed by atoms with E-state index in [0.29, 0.717) is 23.4 Å². The van der Waals surface area contributed by atoms with Crippen LogP contribution in [0.5, 0.6) is 0 Å². The third kappa shape index (κ3) is 3.31. The van der Waals surface area contributed by atoms with Crippen LogP contribution in [0, 0.1) is 12.7 Å². The lowest BCUT2D eigenvalue weighted by atomic mass is 10.1. The Morgan fingerprint density at radius 1 is 1.43 bits per heavy atom. The summed E-state index contributed by atoms with van der Waals surface area (Å²) in [4.78, 5) is 12.9. The van der Waals surface area contributed by atoms with E-state index in [2.05, 4.69) is 0 Å². The molecule has 0 saturated carbocycles. The van der Waals surface area contributed by atoms with E-state index < -0.39 is 5.97 Å². The van der Waals surface area contributed by atoms with Gasteiger partial charge < -0.3 is 9.52 Å². The van der Waals surface area contributed by atoms with E-state index in [0.717, 1.165) is 0 Å². The Balaban J connectivity index is 2.14. The second kappa shape index (κ2) is 6.10. The topological polar surface area (TPSA) is 53.7 Å². The van der Waals surface area contributed by atoms with Crippen LogP contribution in [0.1, 0.15) is 40.4 Å². The average molecular weight is 291 g/mol. The van der Waals surface area contributed by atoms with Gasteiger partial charge in [-0.25, -0.2) is 9.18 Å². The first-order valence-corrected chi connectivity index (χ1v) is 6.67. The van der Waals surface area contributed by atoms with Crippen molar-refractivity contribution in [3.8, 4) is 0 Å². The quantitative estimate of drug-likeness (QED) is 0.914. The number of benzene rings is 1. The monoisotopic (exact) mass is 291 g/mol. The lowest BCUT2D eigenvalue weighted by Crippen LogP contribution is -2.22. The van der Waals surface area contributed by atoms with Gasteiger partial charge in [-0.15, -0.1) is 0 Å². The summed E-state index contributed by atoms with van der Waals surface area (Å²) in [5, 5.41) is 8.98. The molecular formula is C16H18FNO3. The zero-order chi connectivity index (χ0) is 15.6. The minimum Gasteiger partial charge on any atom is -0.475 e. The molecule has 5 heteroatoms. The van der Waals surface area contributed by atoms with Crippen LogP contribution in [0.25, 0.3) is 0 Å².